The average Bonchev–Trinajstić information content (AvgIpc) is 2.96. The molecule has 1 saturated heterocycles. The van der Waals surface area contributed by atoms with Crippen LogP contribution in [-0.4, -0.2) is 43.6 Å². The zero-order valence-electron chi connectivity index (χ0n) is 15.5. The van der Waals surface area contributed by atoms with Gasteiger partial charge in [0.1, 0.15) is 5.75 Å². The third-order valence-corrected chi connectivity index (χ3v) is 4.10. The Balaban J connectivity index is 2.10. The Bertz CT molecular complexity index is 802. The van der Waals surface area contributed by atoms with Gasteiger partial charge in [-0.05, 0) is 49.4 Å². The normalized spacial score (nSPS) is 17.1. The highest BCUT2D eigenvalue weighted by molar-refractivity contribution is 8.18. The van der Waals surface area contributed by atoms with Crippen molar-refractivity contribution in [3.8, 4) is 5.75 Å². The molecule has 8 nitrogen and oxygen atoms in total. The van der Waals surface area contributed by atoms with Gasteiger partial charge in [0, 0.05) is 18.7 Å². The lowest BCUT2D eigenvalue weighted by molar-refractivity contribution is -0.135. The summed E-state index contributed by atoms with van der Waals surface area (Å²) in [5.41, 5.74) is 1.71. The number of amides is 1. The Labute approximate surface area is 161 Å². The van der Waals surface area contributed by atoms with Crippen molar-refractivity contribution < 1.29 is 23.8 Å². The number of thioether (sulfide) groups is 1. The van der Waals surface area contributed by atoms with E-state index in [1.165, 1.54) is 7.11 Å². The molecule has 0 radical (unpaired) electrons. The van der Waals surface area contributed by atoms with Crippen molar-refractivity contribution in [3.05, 3.63) is 40.3 Å². The minimum absolute atomic E-state index is 0.0572. The molecule has 1 heterocycles. The topological polar surface area (TPSA) is 98.6 Å². The molecule has 1 aliphatic heterocycles. The SMILES string of the molecule is COCc1cc(C=N/N=C2/NC(=O)/C(=C\C(=O)OC)S2)ccc1OC(C)C. The smallest absolute Gasteiger partial charge is 0.331 e. The number of carbonyl (C=O) groups is 2. The molecule has 2 rings (SSSR count). The molecule has 27 heavy (non-hydrogen) atoms. The molecule has 0 bridgehead atoms. The number of esters is 1. The lowest BCUT2D eigenvalue weighted by Gasteiger charge is -2.14. The first-order valence-corrected chi connectivity index (χ1v) is 8.93. The highest BCUT2D eigenvalue weighted by atomic mass is 32.2. The molecule has 1 N–H and O–H groups in total. The second-order valence-corrected chi connectivity index (χ2v) is 6.74. The van der Waals surface area contributed by atoms with Gasteiger partial charge in [-0.3, -0.25) is 10.1 Å². The van der Waals surface area contributed by atoms with Crippen LogP contribution in [0.2, 0.25) is 0 Å². The lowest BCUT2D eigenvalue weighted by Crippen LogP contribution is -2.19. The van der Waals surface area contributed by atoms with E-state index in [9.17, 15) is 9.59 Å². The molecule has 1 aromatic rings. The van der Waals surface area contributed by atoms with Crippen molar-refractivity contribution in [1.82, 2.24) is 5.32 Å². The maximum Gasteiger partial charge on any atom is 0.331 e. The maximum atomic E-state index is 11.7. The van der Waals surface area contributed by atoms with Crippen molar-refractivity contribution in [2.24, 2.45) is 10.2 Å². The summed E-state index contributed by atoms with van der Waals surface area (Å²) in [5.74, 6) is -0.268. The van der Waals surface area contributed by atoms with Gasteiger partial charge in [-0.1, -0.05) is 0 Å². The summed E-state index contributed by atoms with van der Waals surface area (Å²) in [6.45, 7) is 4.32. The summed E-state index contributed by atoms with van der Waals surface area (Å²) >= 11 is 1.01. The van der Waals surface area contributed by atoms with E-state index in [0.29, 0.717) is 6.61 Å². The van der Waals surface area contributed by atoms with Crippen LogP contribution in [0.5, 0.6) is 5.75 Å². The molecule has 1 fully saturated rings. The number of benzene rings is 1. The average molecular weight is 391 g/mol. The summed E-state index contributed by atoms with van der Waals surface area (Å²) < 4.78 is 15.5. The van der Waals surface area contributed by atoms with E-state index < -0.39 is 11.9 Å². The Kier molecular flexibility index (Phi) is 7.56. The van der Waals surface area contributed by atoms with Gasteiger partial charge in [0.25, 0.3) is 5.91 Å². The third kappa shape index (κ3) is 6.22. The molecule has 0 saturated carbocycles. The van der Waals surface area contributed by atoms with Crippen LogP contribution in [0.3, 0.4) is 0 Å². The molecular formula is C18H21N3O5S. The summed E-state index contributed by atoms with van der Waals surface area (Å²) in [6.07, 6.45) is 2.72. The number of hydrogen-bond donors (Lipinski definition) is 1. The standard InChI is InChI=1S/C18H21N3O5S/c1-11(2)26-14-6-5-12(7-13(14)10-24-3)9-19-21-18-20-17(23)15(27-18)8-16(22)25-4/h5-9,11H,10H2,1-4H3,(H,20,21,23)/b15-8+,19-9?. The Morgan fingerprint density at radius 2 is 2.11 bits per heavy atom. The number of amidine groups is 1. The zero-order valence-corrected chi connectivity index (χ0v) is 16.3. The molecule has 0 aliphatic carbocycles. The molecule has 144 valence electrons. The van der Waals surface area contributed by atoms with Crippen molar-refractivity contribution in [3.63, 3.8) is 0 Å². The van der Waals surface area contributed by atoms with Crippen LogP contribution in [0.15, 0.2) is 39.4 Å². The quantitative estimate of drug-likeness (QED) is 0.331. The number of nitrogens with one attached hydrogen (secondary N) is 1. The minimum atomic E-state index is -0.605. The molecule has 1 aliphatic rings. The Hall–Kier alpha value is -2.65. The largest absolute Gasteiger partial charge is 0.491 e. The van der Waals surface area contributed by atoms with Crippen LogP contribution < -0.4 is 10.1 Å². The highest BCUT2D eigenvalue weighted by Gasteiger charge is 2.24. The predicted molar refractivity (Wildman–Crippen MR) is 104 cm³/mol. The second-order valence-electron chi connectivity index (χ2n) is 5.70. The summed E-state index contributed by atoms with van der Waals surface area (Å²) in [4.78, 5) is 23.2. The zero-order chi connectivity index (χ0) is 19.8. The number of methoxy groups -OCH3 is 2. The molecule has 0 atom stereocenters. The maximum absolute atomic E-state index is 11.7. The van der Waals surface area contributed by atoms with Crippen molar-refractivity contribution in [1.29, 1.82) is 0 Å². The van der Waals surface area contributed by atoms with Crippen molar-refractivity contribution in [2.45, 2.75) is 26.6 Å². The summed E-state index contributed by atoms with van der Waals surface area (Å²) in [6, 6.07) is 5.60. The van der Waals surface area contributed by atoms with Crippen molar-refractivity contribution >= 4 is 35.0 Å². The lowest BCUT2D eigenvalue weighted by atomic mass is 10.1. The minimum Gasteiger partial charge on any atom is -0.491 e. The summed E-state index contributed by atoms with van der Waals surface area (Å²) in [7, 11) is 2.86. The van der Waals surface area contributed by atoms with E-state index in [1.54, 1.807) is 13.3 Å². The van der Waals surface area contributed by atoms with Gasteiger partial charge >= 0.3 is 5.97 Å². The van der Waals surface area contributed by atoms with E-state index in [1.807, 2.05) is 32.0 Å². The fourth-order valence-corrected chi connectivity index (χ4v) is 2.84. The molecular weight excluding hydrogens is 370 g/mol. The number of ether oxygens (including phenoxy) is 3. The van der Waals surface area contributed by atoms with Gasteiger partial charge in [0.15, 0.2) is 5.17 Å². The molecule has 1 aromatic carbocycles. The number of carbonyl (C=O) groups excluding carboxylic acids is 2. The fraction of sp³-hybridized carbons (Fsp3) is 0.333. The van der Waals surface area contributed by atoms with Gasteiger partial charge in [0.05, 0.1) is 30.9 Å². The predicted octanol–water partition coefficient (Wildman–Crippen LogP) is 2.23. The van der Waals surface area contributed by atoms with Crippen LogP contribution in [0.4, 0.5) is 0 Å². The Morgan fingerprint density at radius 1 is 1.33 bits per heavy atom. The van der Waals surface area contributed by atoms with Crippen LogP contribution in [-0.2, 0) is 25.7 Å². The van der Waals surface area contributed by atoms with Crippen LogP contribution in [0.25, 0.3) is 0 Å². The first kappa shape index (κ1) is 20.7. The molecule has 1 amide bonds. The van der Waals surface area contributed by atoms with E-state index in [4.69, 9.17) is 9.47 Å². The summed E-state index contributed by atoms with van der Waals surface area (Å²) in [5, 5.41) is 10.8. The van der Waals surface area contributed by atoms with E-state index in [-0.39, 0.29) is 16.2 Å². The monoisotopic (exact) mass is 391 g/mol. The number of nitrogens with zero attached hydrogens (tertiary/aromatic N) is 2. The highest BCUT2D eigenvalue weighted by Crippen LogP contribution is 2.24. The first-order valence-electron chi connectivity index (χ1n) is 8.11. The van der Waals surface area contributed by atoms with Crippen molar-refractivity contribution in [2.75, 3.05) is 14.2 Å². The van der Waals surface area contributed by atoms with Gasteiger partial charge in [0.2, 0.25) is 0 Å². The van der Waals surface area contributed by atoms with Crippen LogP contribution in [0, 0.1) is 0 Å². The second kappa shape index (κ2) is 9.89. The molecule has 9 heteroatoms. The fourth-order valence-electron chi connectivity index (χ4n) is 2.11. The molecule has 0 unspecified atom stereocenters. The van der Waals surface area contributed by atoms with E-state index >= 15 is 0 Å². The van der Waals surface area contributed by atoms with Gasteiger partial charge in [-0.25, -0.2) is 4.79 Å². The van der Waals surface area contributed by atoms with Gasteiger partial charge < -0.3 is 14.2 Å². The van der Waals surface area contributed by atoms with Gasteiger partial charge in [-0.15, -0.1) is 5.10 Å². The van der Waals surface area contributed by atoms with Crippen LogP contribution >= 0.6 is 11.8 Å². The molecule has 0 spiro atoms. The third-order valence-electron chi connectivity index (χ3n) is 3.20. The van der Waals surface area contributed by atoms with Crippen LogP contribution in [0.1, 0.15) is 25.0 Å². The Morgan fingerprint density at radius 3 is 2.78 bits per heavy atom. The number of rotatable bonds is 7. The van der Waals surface area contributed by atoms with E-state index in [2.05, 4.69) is 20.3 Å². The first-order chi connectivity index (χ1) is 12.9. The molecule has 0 aromatic heterocycles. The van der Waals surface area contributed by atoms with E-state index in [0.717, 1.165) is 34.7 Å². The van der Waals surface area contributed by atoms with Gasteiger partial charge in [-0.2, -0.15) is 5.10 Å². The number of hydrogen-bond acceptors (Lipinski definition) is 8.